The molecule has 1 saturated carbocycles. The van der Waals surface area contributed by atoms with Gasteiger partial charge in [-0.2, -0.15) is 0 Å². The smallest absolute Gasteiger partial charge is 0.238 e. The lowest BCUT2D eigenvalue weighted by Crippen LogP contribution is -2.42. The SMILES string of the molecule is CC(C1CC1)N(Cc1ccccc1)C(=O)CS(=O)(=O)c1ccc(Cl)cc1. The molecule has 2 aromatic carbocycles. The standard InChI is InChI=1S/C20H22ClNO3S/c1-15(17-7-8-17)22(13-16-5-3-2-4-6-16)20(23)14-26(24,25)19-11-9-18(21)10-12-19/h2-6,9-12,15,17H,7-8,13-14H2,1H3. The fourth-order valence-electron chi connectivity index (χ4n) is 3.04. The quantitative estimate of drug-likeness (QED) is 0.718. The van der Waals surface area contributed by atoms with Crippen molar-refractivity contribution in [2.45, 2.75) is 37.2 Å². The van der Waals surface area contributed by atoms with Gasteiger partial charge >= 0.3 is 0 Å². The van der Waals surface area contributed by atoms with Crippen LogP contribution in [0.2, 0.25) is 5.02 Å². The summed E-state index contributed by atoms with van der Waals surface area (Å²) in [6, 6.07) is 15.6. The van der Waals surface area contributed by atoms with Gasteiger partial charge in [-0.3, -0.25) is 4.79 Å². The molecule has 0 radical (unpaired) electrons. The van der Waals surface area contributed by atoms with Crippen LogP contribution < -0.4 is 0 Å². The number of rotatable bonds is 7. The highest BCUT2D eigenvalue weighted by Crippen LogP contribution is 2.36. The number of nitrogens with zero attached hydrogens (tertiary/aromatic N) is 1. The first kappa shape index (κ1) is 18.9. The minimum absolute atomic E-state index is 0.0307. The number of carbonyl (C=O) groups excluding carboxylic acids is 1. The molecule has 3 rings (SSSR count). The Morgan fingerprint density at radius 3 is 2.31 bits per heavy atom. The molecule has 1 atom stereocenters. The number of hydrogen-bond acceptors (Lipinski definition) is 3. The van der Waals surface area contributed by atoms with Gasteiger partial charge in [0.2, 0.25) is 5.91 Å². The van der Waals surface area contributed by atoms with Gasteiger partial charge in [-0.05, 0) is 55.5 Å². The van der Waals surface area contributed by atoms with Crippen LogP contribution in [0.15, 0.2) is 59.5 Å². The number of carbonyl (C=O) groups is 1. The van der Waals surface area contributed by atoms with Crippen LogP contribution in [-0.2, 0) is 21.2 Å². The summed E-state index contributed by atoms with van der Waals surface area (Å²) in [4.78, 5) is 14.7. The van der Waals surface area contributed by atoms with Crippen molar-refractivity contribution >= 4 is 27.3 Å². The second-order valence-corrected chi connectivity index (χ2v) is 9.22. The third kappa shape index (κ3) is 4.65. The van der Waals surface area contributed by atoms with Gasteiger partial charge in [0.1, 0.15) is 5.75 Å². The van der Waals surface area contributed by atoms with E-state index in [2.05, 4.69) is 0 Å². The molecule has 26 heavy (non-hydrogen) atoms. The lowest BCUT2D eigenvalue weighted by Gasteiger charge is -2.29. The molecular weight excluding hydrogens is 370 g/mol. The van der Waals surface area contributed by atoms with E-state index in [1.807, 2.05) is 37.3 Å². The monoisotopic (exact) mass is 391 g/mol. The molecule has 0 aromatic heterocycles. The number of benzene rings is 2. The fraction of sp³-hybridized carbons (Fsp3) is 0.350. The lowest BCUT2D eigenvalue weighted by molar-refractivity contribution is -0.131. The molecule has 138 valence electrons. The van der Waals surface area contributed by atoms with E-state index in [0.29, 0.717) is 17.5 Å². The molecule has 1 aliphatic carbocycles. The Hall–Kier alpha value is -1.85. The number of amides is 1. The Morgan fingerprint density at radius 1 is 1.12 bits per heavy atom. The van der Waals surface area contributed by atoms with Crippen LogP contribution in [-0.4, -0.2) is 31.0 Å². The predicted octanol–water partition coefficient (Wildman–Crippen LogP) is 3.94. The van der Waals surface area contributed by atoms with Crippen molar-refractivity contribution in [3.8, 4) is 0 Å². The van der Waals surface area contributed by atoms with E-state index in [-0.39, 0.29) is 16.8 Å². The highest BCUT2D eigenvalue weighted by Gasteiger charge is 2.35. The van der Waals surface area contributed by atoms with Crippen LogP contribution in [0, 0.1) is 5.92 Å². The Balaban J connectivity index is 1.79. The van der Waals surface area contributed by atoms with Gasteiger partial charge in [0.15, 0.2) is 9.84 Å². The zero-order valence-electron chi connectivity index (χ0n) is 14.6. The van der Waals surface area contributed by atoms with Crippen LogP contribution in [0.5, 0.6) is 0 Å². The average Bonchev–Trinajstić information content (AvgIpc) is 3.45. The summed E-state index contributed by atoms with van der Waals surface area (Å²) in [5.41, 5.74) is 0.997. The van der Waals surface area contributed by atoms with E-state index in [4.69, 9.17) is 11.6 Å². The molecule has 1 fully saturated rings. The van der Waals surface area contributed by atoms with Gasteiger partial charge in [-0.1, -0.05) is 41.9 Å². The largest absolute Gasteiger partial charge is 0.334 e. The number of hydrogen-bond donors (Lipinski definition) is 0. The summed E-state index contributed by atoms with van der Waals surface area (Å²) in [6.07, 6.45) is 2.17. The molecule has 0 N–H and O–H groups in total. The van der Waals surface area contributed by atoms with Gasteiger partial charge in [0.05, 0.1) is 4.90 Å². The second kappa shape index (κ2) is 7.80. The second-order valence-electron chi connectivity index (χ2n) is 6.80. The molecule has 4 nitrogen and oxygen atoms in total. The van der Waals surface area contributed by atoms with Crippen LogP contribution >= 0.6 is 11.6 Å². The maximum absolute atomic E-state index is 12.9. The van der Waals surface area contributed by atoms with Crippen LogP contribution in [0.25, 0.3) is 0 Å². The Bertz CT molecular complexity index is 862. The van der Waals surface area contributed by atoms with Crippen molar-refractivity contribution < 1.29 is 13.2 Å². The van der Waals surface area contributed by atoms with Gasteiger partial charge in [0, 0.05) is 17.6 Å². The maximum atomic E-state index is 12.9. The topological polar surface area (TPSA) is 54.5 Å². The van der Waals surface area contributed by atoms with Crippen LogP contribution in [0.4, 0.5) is 0 Å². The lowest BCUT2D eigenvalue weighted by atomic mass is 10.1. The highest BCUT2D eigenvalue weighted by atomic mass is 35.5. The van der Waals surface area contributed by atoms with E-state index in [1.165, 1.54) is 24.3 Å². The maximum Gasteiger partial charge on any atom is 0.238 e. The van der Waals surface area contributed by atoms with E-state index < -0.39 is 15.6 Å². The summed E-state index contributed by atoms with van der Waals surface area (Å²) in [5, 5.41) is 0.461. The molecule has 2 aromatic rings. The van der Waals surface area contributed by atoms with E-state index in [1.54, 1.807) is 4.90 Å². The Morgan fingerprint density at radius 2 is 1.73 bits per heavy atom. The third-order valence-electron chi connectivity index (χ3n) is 4.80. The normalized spacial score (nSPS) is 15.5. The predicted molar refractivity (Wildman–Crippen MR) is 103 cm³/mol. The summed E-state index contributed by atoms with van der Waals surface area (Å²) < 4.78 is 25.3. The fourth-order valence-corrected chi connectivity index (χ4v) is 4.38. The van der Waals surface area contributed by atoms with Crippen molar-refractivity contribution in [3.63, 3.8) is 0 Å². The van der Waals surface area contributed by atoms with Gasteiger partial charge in [-0.25, -0.2) is 8.42 Å². The van der Waals surface area contributed by atoms with Crippen molar-refractivity contribution in [2.75, 3.05) is 5.75 Å². The van der Waals surface area contributed by atoms with Gasteiger partial charge in [0.25, 0.3) is 0 Å². The van der Waals surface area contributed by atoms with E-state index >= 15 is 0 Å². The van der Waals surface area contributed by atoms with Crippen molar-refractivity contribution in [2.24, 2.45) is 5.92 Å². The molecule has 1 aliphatic rings. The zero-order valence-corrected chi connectivity index (χ0v) is 16.2. The Kier molecular flexibility index (Phi) is 5.68. The number of halogens is 1. The van der Waals surface area contributed by atoms with Crippen molar-refractivity contribution in [3.05, 3.63) is 65.2 Å². The van der Waals surface area contributed by atoms with Gasteiger partial charge < -0.3 is 4.90 Å². The first-order valence-electron chi connectivity index (χ1n) is 8.68. The molecule has 0 spiro atoms. The molecular formula is C20H22ClNO3S. The van der Waals surface area contributed by atoms with Crippen LogP contribution in [0.3, 0.4) is 0 Å². The summed E-state index contributed by atoms with van der Waals surface area (Å²) in [7, 11) is -3.70. The van der Waals surface area contributed by atoms with E-state index in [0.717, 1.165) is 18.4 Å². The van der Waals surface area contributed by atoms with Crippen molar-refractivity contribution in [1.82, 2.24) is 4.90 Å². The Labute approximate surface area is 159 Å². The molecule has 0 bridgehead atoms. The van der Waals surface area contributed by atoms with E-state index in [9.17, 15) is 13.2 Å². The minimum Gasteiger partial charge on any atom is -0.334 e. The molecule has 1 amide bonds. The average molecular weight is 392 g/mol. The summed E-state index contributed by atoms with van der Waals surface area (Å²) in [6.45, 7) is 2.43. The highest BCUT2D eigenvalue weighted by molar-refractivity contribution is 7.92. The third-order valence-corrected chi connectivity index (χ3v) is 6.67. The van der Waals surface area contributed by atoms with Crippen molar-refractivity contribution in [1.29, 1.82) is 0 Å². The minimum atomic E-state index is -3.70. The number of sulfone groups is 1. The van der Waals surface area contributed by atoms with Crippen LogP contribution in [0.1, 0.15) is 25.3 Å². The molecule has 0 saturated heterocycles. The summed E-state index contributed by atoms with van der Waals surface area (Å²) >= 11 is 5.82. The first-order chi connectivity index (χ1) is 12.4. The molecule has 1 unspecified atom stereocenters. The first-order valence-corrected chi connectivity index (χ1v) is 10.7. The molecule has 6 heteroatoms. The molecule has 0 aliphatic heterocycles. The molecule has 0 heterocycles. The summed E-state index contributed by atoms with van der Waals surface area (Å²) in [5.74, 6) is -0.428. The zero-order chi connectivity index (χ0) is 18.7. The van der Waals surface area contributed by atoms with Gasteiger partial charge in [-0.15, -0.1) is 0 Å².